The van der Waals surface area contributed by atoms with E-state index in [2.05, 4.69) is 22.0 Å². The fraction of sp³-hybridized carbons (Fsp3) is 0.688. The Balaban J connectivity index is 1.87. The summed E-state index contributed by atoms with van der Waals surface area (Å²) in [4.78, 5) is 16.9. The number of rotatable bonds is 4. The van der Waals surface area contributed by atoms with Gasteiger partial charge in [-0.05, 0) is 25.9 Å². The molecule has 21 heavy (non-hydrogen) atoms. The molecule has 3 aliphatic rings. The van der Waals surface area contributed by atoms with Crippen molar-refractivity contribution in [1.29, 1.82) is 0 Å². The van der Waals surface area contributed by atoms with E-state index in [0.717, 1.165) is 45.9 Å². The molecular weight excluding hydrogens is 266 g/mol. The second-order valence-electron chi connectivity index (χ2n) is 6.20. The number of hydrogen-bond donors (Lipinski definition) is 1. The predicted molar refractivity (Wildman–Crippen MR) is 81.8 cm³/mol. The SMILES string of the molecule is NC(=O)C1C=CC=CC1(CN1CCOCC1)N1CCCC1. The molecule has 2 heterocycles. The van der Waals surface area contributed by atoms with Crippen LogP contribution in [0.4, 0.5) is 0 Å². The molecule has 5 nitrogen and oxygen atoms in total. The largest absolute Gasteiger partial charge is 0.379 e. The quantitative estimate of drug-likeness (QED) is 0.813. The second kappa shape index (κ2) is 6.30. The van der Waals surface area contributed by atoms with Gasteiger partial charge in [-0.1, -0.05) is 24.3 Å². The summed E-state index contributed by atoms with van der Waals surface area (Å²) in [5.41, 5.74) is 5.44. The zero-order valence-electron chi connectivity index (χ0n) is 12.5. The van der Waals surface area contributed by atoms with Crippen LogP contribution in [-0.2, 0) is 9.53 Å². The number of nitrogens with zero attached hydrogens (tertiary/aromatic N) is 2. The average Bonchev–Trinajstić information content (AvgIpc) is 3.03. The summed E-state index contributed by atoms with van der Waals surface area (Å²) in [6.45, 7) is 6.36. The molecule has 5 heteroatoms. The third-order valence-corrected chi connectivity index (χ3v) is 4.92. The van der Waals surface area contributed by atoms with E-state index in [1.807, 2.05) is 12.2 Å². The third kappa shape index (κ3) is 2.91. The van der Waals surface area contributed by atoms with Gasteiger partial charge in [-0.25, -0.2) is 0 Å². The monoisotopic (exact) mass is 291 g/mol. The molecule has 2 N–H and O–H groups in total. The number of amides is 1. The lowest BCUT2D eigenvalue weighted by Crippen LogP contribution is -2.62. The summed E-state index contributed by atoms with van der Waals surface area (Å²) in [6, 6.07) is 0. The number of ether oxygens (including phenoxy) is 1. The molecule has 2 unspecified atom stereocenters. The number of nitrogens with two attached hydrogens (primary N) is 1. The minimum atomic E-state index is -0.283. The van der Waals surface area contributed by atoms with Crippen LogP contribution in [0.3, 0.4) is 0 Å². The van der Waals surface area contributed by atoms with E-state index in [-0.39, 0.29) is 17.4 Å². The van der Waals surface area contributed by atoms with Crippen LogP contribution in [0.1, 0.15) is 12.8 Å². The van der Waals surface area contributed by atoms with Crippen molar-refractivity contribution in [2.45, 2.75) is 18.4 Å². The minimum absolute atomic E-state index is 0.226. The smallest absolute Gasteiger partial charge is 0.226 e. The number of primary amides is 1. The van der Waals surface area contributed by atoms with Crippen LogP contribution in [0.2, 0.25) is 0 Å². The van der Waals surface area contributed by atoms with Crippen molar-refractivity contribution in [2.24, 2.45) is 11.7 Å². The van der Waals surface area contributed by atoms with Gasteiger partial charge >= 0.3 is 0 Å². The highest BCUT2D eigenvalue weighted by atomic mass is 16.5. The van der Waals surface area contributed by atoms with Crippen molar-refractivity contribution in [3.05, 3.63) is 24.3 Å². The van der Waals surface area contributed by atoms with Gasteiger partial charge < -0.3 is 10.5 Å². The highest BCUT2D eigenvalue weighted by Crippen LogP contribution is 2.35. The van der Waals surface area contributed by atoms with Gasteiger partial charge in [0.1, 0.15) is 0 Å². The van der Waals surface area contributed by atoms with E-state index in [4.69, 9.17) is 10.5 Å². The molecule has 0 saturated carbocycles. The Hall–Kier alpha value is -1.17. The van der Waals surface area contributed by atoms with Crippen molar-refractivity contribution < 1.29 is 9.53 Å². The highest BCUT2D eigenvalue weighted by Gasteiger charge is 2.46. The molecular formula is C16H25N3O2. The number of carbonyl (C=O) groups is 1. The second-order valence-corrected chi connectivity index (χ2v) is 6.20. The Morgan fingerprint density at radius 1 is 1.19 bits per heavy atom. The van der Waals surface area contributed by atoms with Crippen molar-refractivity contribution in [3.63, 3.8) is 0 Å². The van der Waals surface area contributed by atoms with E-state index in [9.17, 15) is 4.79 Å². The molecule has 0 aromatic heterocycles. The average molecular weight is 291 g/mol. The maximum absolute atomic E-state index is 12.0. The first kappa shape index (κ1) is 14.8. The zero-order chi connectivity index (χ0) is 14.7. The van der Waals surface area contributed by atoms with Crippen molar-refractivity contribution in [2.75, 3.05) is 45.9 Å². The van der Waals surface area contributed by atoms with Gasteiger partial charge in [-0.15, -0.1) is 0 Å². The summed E-state index contributed by atoms with van der Waals surface area (Å²) < 4.78 is 5.44. The Morgan fingerprint density at radius 2 is 1.90 bits per heavy atom. The van der Waals surface area contributed by atoms with E-state index >= 15 is 0 Å². The molecule has 0 aromatic rings. The van der Waals surface area contributed by atoms with Crippen LogP contribution in [0, 0.1) is 5.92 Å². The Bertz CT molecular complexity index is 437. The van der Waals surface area contributed by atoms with Gasteiger partial charge in [0.15, 0.2) is 0 Å². The van der Waals surface area contributed by atoms with Crippen molar-refractivity contribution >= 4 is 5.91 Å². The fourth-order valence-electron chi connectivity index (χ4n) is 3.81. The minimum Gasteiger partial charge on any atom is -0.379 e. The first-order valence-electron chi connectivity index (χ1n) is 7.93. The maximum atomic E-state index is 12.0. The zero-order valence-corrected chi connectivity index (χ0v) is 12.5. The van der Waals surface area contributed by atoms with E-state index in [0.29, 0.717) is 0 Å². The standard InChI is InChI=1S/C16H25N3O2/c17-15(20)14-5-1-2-6-16(14,19-7-3-4-8-19)13-18-9-11-21-12-10-18/h1-2,5-6,14H,3-4,7-13H2,(H2,17,20). The molecule has 1 aliphatic carbocycles. The molecule has 3 rings (SSSR count). The summed E-state index contributed by atoms with van der Waals surface area (Å²) >= 11 is 0. The highest BCUT2D eigenvalue weighted by molar-refractivity contribution is 5.81. The molecule has 2 saturated heterocycles. The topological polar surface area (TPSA) is 58.8 Å². The van der Waals surface area contributed by atoms with Gasteiger partial charge in [0.25, 0.3) is 0 Å². The van der Waals surface area contributed by atoms with Crippen LogP contribution < -0.4 is 5.73 Å². The Labute approximate surface area is 126 Å². The molecule has 116 valence electrons. The molecule has 1 amide bonds. The summed E-state index contributed by atoms with van der Waals surface area (Å²) in [6.07, 6.45) is 10.6. The first-order chi connectivity index (χ1) is 10.2. The number of carbonyl (C=O) groups excluding carboxylic acids is 1. The summed E-state index contributed by atoms with van der Waals surface area (Å²) in [5.74, 6) is -0.473. The summed E-state index contributed by atoms with van der Waals surface area (Å²) in [5, 5.41) is 0. The number of likely N-dealkylation sites (tertiary alicyclic amines) is 1. The molecule has 0 bridgehead atoms. The van der Waals surface area contributed by atoms with E-state index in [1.54, 1.807) is 0 Å². The lowest BCUT2D eigenvalue weighted by molar-refractivity contribution is -0.124. The van der Waals surface area contributed by atoms with E-state index < -0.39 is 0 Å². The lowest BCUT2D eigenvalue weighted by Gasteiger charge is -2.47. The Kier molecular flexibility index (Phi) is 4.42. The van der Waals surface area contributed by atoms with Gasteiger partial charge in [0.2, 0.25) is 5.91 Å². The lowest BCUT2D eigenvalue weighted by atomic mass is 9.78. The molecule has 2 fully saturated rings. The van der Waals surface area contributed by atoms with E-state index in [1.165, 1.54) is 12.8 Å². The molecule has 0 aromatic carbocycles. The van der Waals surface area contributed by atoms with Crippen molar-refractivity contribution in [1.82, 2.24) is 9.80 Å². The first-order valence-corrected chi connectivity index (χ1v) is 7.93. The van der Waals surface area contributed by atoms with Gasteiger partial charge in [-0.3, -0.25) is 14.6 Å². The molecule has 0 spiro atoms. The van der Waals surface area contributed by atoms with Crippen LogP contribution in [0.5, 0.6) is 0 Å². The molecule has 2 atom stereocenters. The third-order valence-electron chi connectivity index (χ3n) is 4.92. The predicted octanol–water partition coefficient (Wildman–Crippen LogP) is 0.381. The number of allylic oxidation sites excluding steroid dienone is 2. The molecule has 0 radical (unpaired) electrons. The van der Waals surface area contributed by atoms with Gasteiger partial charge in [0, 0.05) is 19.6 Å². The van der Waals surface area contributed by atoms with Crippen LogP contribution >= 0.6 is 0 Å². The van der Waals surface area contributed by atoms with Crippen LogP contribution in [0.15, 0.2) is 24.3 Å². The van der Waals surface area contributed by atoms with Crippen LogP contribution in [-0.4, -0.2) is 67.2 Å². The van der Waals surface area contributed by atoms with Gasteiger partial charge in [0.05, 0.1) is 24.7 Å². The van der Waals surface area contributed by atoms with Crippen molar-refractivity contribution in [3.8, 4) is 0 Å². The molecule has 2 aliphatic heterocycles. The fourth-order valence-corrected chi connectivity index (χ4v) is 3.81. The van der Waals surface area contributed by atoms with Gasteiger partial charge in [-0.2, -0.15) is 0 Å². The normalized spacial score (nSPS) is 34.4. The number of morpholine rings is 1. The maximum Gasteiger partial charge on any atom is 0.226 e. The summed E-state index contributed by atoms with van der Waals surface area (Å²) in [7, 11) is 0. The number of hydrogen-bond acceptors (Lipinski definition) is 4. The van der Waals surface area contributed by atoms with Crippen LogP contribution in [0.25, 0.3) is 0 Å². The Morgan fingerprint density at radius 3 is 2.57 bits per heavy atom.